The smallest absolute Gasteiger partial charge is 0.417 e. The Morgan fingerprint density at radius 2 is 1.79 bits per heavy atom. The number of alkyl halides is 3. The number of nitrogens with one attached hydrogen (secondary N) is 1. The van der Waals surface area contributed by atoms with Crippen LogP contribution in [0.2, 0.25) is 0 Å². The second kappa shape index (κ2) is 6.19. The molecule has 0 saturated heterocycles. The van der Waals surface area contributed by atoms with Crippen molar-refractivity contribution in [1.29, 1.82) is 0 Å². The molecule has 0 amide bonds. The van der Waals surface area contributed by atoms with Crippen LogP contribution in [0.25, 0.3) is 22.9 Å². The van der Waals surface area contributed by atoms with E-state index >= 15 is 0 Å². The van der Waals surface area contributed by atoms with Crippen LogP contribution in [0.3, 0.4) is 0 Å². The molecule has 1 N–H and O–H groups in total. The molecule has 2 heterocycles. The Kier molecular flexibility index (Phi) is 4.22. The van der Waals surface area contributed by atoms with E-state index in [2.05, 4.69) is 16.9 Å². The molecule has 0 fully saturated rings. The molecule has 2 aromatic heterocycles. The zero-order chi connectivity index (χ0) is 17.3. The van der Waals surface area contributed by atoms with Crippen molar-refractivity contribution in [2.45, 2.75) is 32.9 Å². The van der Waals surface area contributed by atoms with Gasteiger partial charge in [-0.2, -0.15) is 13.2 Å². The van der Waals surface area contributed by atoms with Crippen LogP contribution in [0, 0.1) is 6.92 Å². The fourth-order valence-electron chi connectivity index (χ4n) is 2.66. The Morgan fingerprint density at radius 1 is 1.08 bits per heavy atom. The fourth-order valence-corrected chi connectivity index (χ4v) is 2.66. The van der Waals surface area contributed by atoms with E-state index in [0.29, 0.717) is 11.6 Å². The van der Waals surface area contributed by atoms with E-state index in [1.54, 1.807) is 12.1 Å². The molecule has 0 spiro atoms. The van der Waals surface area contributed by atoms with Gasteiger partial charge in [-0.3, -0.25) is 0 Å². The number of nitrogens with zero attached hydrogens (tertiary/aromatic N) is 1. The molecule has 3 nitrogen and oxygen atoms in total. The Hall–Kier alpha value is -2.50. The standard InChI is InChI=1S/C18H17F3N2O/c1-3-6-14-11(2)22-17(23-14)16-10-9-15(24-16)12-7-4-5-8-13(12)18(19,20)21/h4-5,7-10H,3,6H2,1-2H3,(H,22,23). The summed E-state index contributed by atoms with van der Waals surface area (Å²) in [4.78, 5) is 7.59. The molecular weight excluding hydrogens is 317 g/mol. The first-order valence-corrected chi connectivity index (χ1v) is 7.72. The zero-order valence-electron chi connectivity index (χ0n) is 13.4. The molecule has 0 aliphatic carbocycles. The minimum Gasteiger partial charge on any atom is -0.453 e. The predicted octanol–water partition coefficient (Wildman–Crippen LogP) is 5.62. The molecule has 0 unspecified atom stereocenters. The number of furan rings is 1. The number of aromatic nitrogens is 2. The Bertz CT molecular complexity index is 846. The number of halogens is 3. The number of rotatable bonds is 4. The number of hydrogen-bond donors (Lipinski definition) is 1. The summed E-state index contributed by atoms with van der Waals surface area (Å²) in [5.41, 5.74) is 1.20. The SMILES string of the molecule is CCCc1[nH]c(-c2ccc(-c3ccccc3C(F)(F)F)o2)nc1C. The normalized spacial score (nSPS) is 11.9. The molecule has 0 radical (unpaired) electrons. The van der Waals surface area contributed by atoms with Crippen molar-refractivity contribution in [2.75, 3.05) is 0 Å². The fraction of sp³-hybridized carbons (Fsp3) is 0.278. The summed E-state index contributed by atoms with van der Waals surface area (Å²) < 4.78 is 45.1. The average molecular weight is 334 g/mol. The van der Waals surface area contributed by atoms with Crippen molar-refractivity contribution < 1.29 is 17.6 Å². The summed E-state index contributed by atoms with van der Waals surface area (Å²) in [6.45, 7) is 3.97. The van der Waals surface area contributed by atoms with Crippen molar-refractivity contribution in [3.05, 3.63) is 53.3 Å². The molecule has 0 saturated carbocycles. The third-order valence-corrected chi connectivity index (χ3v) is 3.82. The molecule has 0 aliphatic heterocycles. The van der Waals surface area contributed by atoms with Crippen LogP contribution in [-0.4, -0.2) is 9.97 Å². The van der Waals surface area contributed by atoms with Crippen molar-refractivity contribution in [3.63, 3.8) is 0 Å². The highest BCUT2D eigenvalue weighted by Gasteiger charge is 2.34. The maximum absolute atomic E-state index is 13.1. The second-order valence-corrected chi connectivity index (χ2v) is 5.61. The van der Waals surface area contributed by atoms with E-state index in [1.807, 2.05) is 6.92 Å². The highest BCUT2D eigenvalue weighted by molar-refractivity contribution is 5.66. The van der Waals surface area contributed by atoms with Crippen LogP contribution in [0.15, 0.2) is 40.8 Å². The first-order chi connectivity index (χ1) is 11.4. The average Bonchev–Trinajstić information content (AvgIpc) is 3.14. The lowest BCUT2D eigenvalue weighted by Crippen LogP contribution is -2.06. The minimum atomic E-state index is -4.43. The summed E-state index contributed by atoms with van der Waals surface area (Å²) in [7, 11) is 0. The van der Waals surface area contributed by atoms with Crippen molar-refractivity contribution >= 4 is 0 Å². The van der Waals surface area contributed by atoms with E-state index < -0.39 is 11.7 Å². The number of imidazole rings is 1. The second-order valence-electron chi connectivity index (χ2n) is 5.61. The molecule has 0 bridgehead atoms. The van der Waals surface area contributed by atoms with Crippen molar-refractivity contribution in [2.24, 2.45) is 0 Å². The molecule has 126 valence electrons. The maximum Gasteiger partial charge on any atom is 0.417 e. The summed E-state index contributed by atoms with van der Waals surface area (Å²) >= 11 is 0. The molecule has 24 heavy (non-hydrogen) atoms. The number of H-pyrrole nitrogens is 1. The summed E-state index contributed by atoms with van der Waals surface area (Å²) in [5.74, 6) is 1.13. The monoisotopic (exact) mass is 334 g/mol. The van der Waals surface area contributed by atoms with Gasteiger partial charge < -0.3 is 9.40 Å². The van der Waals surface area contributed by atoms with E-state index in [4.69, 9.17) is 4.42 Å². The number of aromatic amines is 1. The van der Waals surface area contributed by atoms with E-state index in [9.17, 15) is 13.2 Å². The summed E-state index contributed by atoms with van der Waals surface area (Å²) in [5, 5.41) is 0. The predicted molar refractivity (Wildman–Crippen MR) is 85.5 cm³/mol. The molecule has 3 rings (SSSR count). The van der Waals surface area contributed by atoms with Crippen LogP contribution in [0.1, 0.15) is 30.3 Å². The van der Waals surface area contributed by atoms with Gasteiger partial charge in [0.2, 0.25) is 0 Å². The number of hydrogen-bond acceptors (Lipinski definition) is 2. The lowest BCUT2D eigenvalue weighted by Gasteiger charge is -2.10. The van der Waals surface area contributed by atoms with Gasteiger partial charge >= 0.3 is 6.18 Å². The lowest BCUT2D eigenvalue weighted by molar-refractivity contribution is -0.137. The first kappa shape index (κ1) is 16.4. The first-order valence-electron chi connectivity index (χ1n) is 7.72. The topological polar surface area (TPSA) is 41.8 Å². The molecule has 3 aromatic rings. The van der Waals surface area contributed by atoms with E-state index in [0.717, 1.165) is 30.3 Å². The molecular formula is C18H17F3N2O. The van der Waals surface area contributed by atoms with Gasteiger partial charge in [0.05, 0.1) is 11.3 Å². The zero-order valence-corrected chi connectivity index (χ0v) is 13.4. The van der Waals surface area contributed by atoms with Crippen molar-refractivity contribution in [1.82, 2.24) is 9.97 Å². The van der Waals surface area contributed by atoms with Crippen LogP contribution in [0.5, 0.6) is 0 Å². The quantitative estimate of drug-likeness (QED) is 0.673. The molecule has 6 heteroatoms. The molecule has 1 aromatic carbocycles. The Labute approximate surface area is 137 Å². The van der Waals surface area contributed by atoms with Gasteiger partial charge in [-0.1, -0.05) is 31.5 Å². The lowest BCUT2D eigenvalue weighted by atomic mass is 10.1. The largest absolute Gasteiger partial charge is 0.453 e. The Morgan fingerprint density at radius 3 is 2.50 bits per heavy atom. The van der Waals surface area contributed by atoms with Gasteiger partial charge in [-0.15, -0.1) is 0 Å². The van der Waals surface area contributed by atoms with E-state index in [1.165, 1.54) is 18.2 Å². The van der Waals surface area contributed by atoms with Crippen LogP contribution in [-0.2, 0) is 12.6 Å². The van der Waals surface area contributed by atoms with Crippen molar-refractivity contribution in [3.8, 4) is 22.9 Å². The number of aryl methyl sites for hydroxylation is 2. The Balaban J connectivity index is 1.99. The highest BCUT2D eigenvalue weighted by atomic mass is 19.4. The van der Waals surface area contributed by atoms with E-state index in [-0.39, 0.29) is 11.3 Å². The van der Waals surface area contributed by atoms with Gasteiger partial charge in [0, 0.05) is 11.3 Å². The summed E-state index contributed by atoms with van der Waals surface area (Å²) in [6.07, 6.45) is -2.59. The highest BCUT2D eigenvalue weighted by Crippen LogP contribution is 2.38. The third-order valence-electron chi connectivity index (χ3n) is 3.82. The van der Waals surface area contributed by atoms with Gasteiger partial charge in [0.1, 0.15) is 5.76 Å². The van der Waals surface area contributed by atoms with Gasteiger partial charge in [-0.05, 0) is 31.5 Å². The molecule has 0 aliphatic rings. The van der Waals surface area contributed by atoms with Crippen LogP contribution < -0.4 is 0 Å². The molecule has 0 atom stereocenters. The third kappa shape index (κ3) is 3.09. The maximum atomic E-state index is 13.1. The minimum absolute atomic E-state index is 0.0216. The van der Waals surface area contributed by atoms with Gasteiger partial charge in [0.25, 0.3) is 0 Å². The van der Waals surface area contributed by atoms with Crippen LogP contribution in [0.4, 0.5) is 13.2 Å². The number of benzene rings is 1. The van der Waals surface area contributed by atoms with Crippen LogP contribution >= 0.6 is 0 Å². The van der Waals surface area contributed by atoms with Gasteiger partial charge in [-0.25, -0.2) is 4.98 Å². The van der Waals surface area contributed by atoms with Gasteiger partial charge in [0.15, 0.2) is 11.6 Å². The summed E-state index contributed by atoms with van der Waals surface area (Å²) in [6, 6.07) is 8.55.